The SMILES string of the molecule is Cc1nn(Cc2ccc(F)cc2)c(Cl)c1C(=O)NCCc1ccc(O)c(O)c1. The van der Waals surface area contributed by atoms with Crippen molar-refractivity contribution in [2.24, 2.45) is 0 Å². The van der Waals surface area contributed by atoms with Gasteiger partial charge in [0.1, 0.15) is 11.0 Å². The fraction of sp³-hybridized carbons (Fsp3) is 0.200. The second kappa shape index (κ2) is 8.31. The Morgan fingerprint density at radius 2 is 1.82 bits per heavy atom. The van der Waals surface area contributed by atoms with Crippen molar-refractivity contribution < 1.29 is 19.4 Å². The highest BCUT2D eigenvalue weighted by Gasteiger charge is 2.20. The summed E-state index contributed by atoms with van der Waals surface area (Å²) in [7, 11) is 0. The van der Waals surface area contributed by atoms with Gasteiger partial charge in [-0.1, -0.05) is 29.8 Å². The molecule has 28 heavy (non-hydrogen) atoms. The van der Waals surface area contributed by atoms with E-state index in [0.29, 0.717) is 25.2 Å². The van der Waals surface area contributed by atoms with E-state index in [4.69, 9.17) is 11.6 Å². The summed E-state index contributed by atoms with van der Waals surface area (Å²) in [6.07, 6.45) is 0.472. The number of benzene rings is 2. The number of aromatic nitrogens is 2. The first kappa shape index (κ1) is 19.7. The molecule has 3 N–H and O–H groups in total. The first-order valence-electron chi connectivity index (χ1n) is 8.61. The van der Waals surface area contributed by atoms with Gasteiger partial charge in [0.25, 0.3) is 5.91 Å². The van der Waals surface area contributed by atoms with Crippen molar-refractivity contribution in [2.45, 2.75) is 19.9 Å². The Bertz CT molecular complexity index is 1000. The third-order valence-corrected chi connectivity index (χ3v) is 4.66. The fourth-order valence-corrected chi connectivity index (χ4v) is 3.13. The highest BCUT2D eigenvalue weighted by atomic mass is 35.5. The molecule has 0 aliphatic rings. The molecule has 0 fully saturated rings. The largest absolute Gasteiger partial charge is 0.504 e. The second-order valence-corrected chi connectivity index (χ2v) is 6.72. The second-order valence-electron chi connectivity index (χ2n) is 6.36. The normalized spacial score (nSPS) is 10.8. The molecule has 6 nitrogen and oxygen atoms in total. The number of hydrogen-bond acceptors (Lipinski definition) is 4. The molecule has 2 aromatic carbocycles. The lowest BCUT2D eigenvalue weighted by Crippen LogP contribution is -2.26. The molecule has 1 amide bonds. The number of carbonyl (C=O) groups excluding carboxylic acids is 1. The van der Waals surface area contributed by atoms with Crippen LogP contribution in [-0.4, -0.2) is 32.4 Å². The van der Waals surface area contributed by atoms with Crippen molar-refractivity contribution in [3.05, 3.63) is 75.8 Å². The van der Waals surface area contributed by atoms with Crippen molar-refractivity contribution in [1.82, 2.24) is 15.1 Å². The number of nitrogens with one attached hydrogen (secondary N) is 1. The molecule has 3 aromatic rings. The van der Waals surface area contributed by atoms with Crippen molar-refractivity contribution >= 4 is 17.5 Å². The number of rotatable bonds is 6. The lowest BCUT2D eigenvalue weighted by atomic mass is 10.1. The zero-order chi connectivity index (χ0) is 20.3. The number of amides is 1. The van der Waals surface area contributed by atoms with Gasteiger partial charge in [-0.3, -0.25) is 4.79 Å². The Morgan fingerprint density at radius 1 is 1.14 bits per heavy atom. The number of phenols is 2. The molecular formula is C20H19ClFN3O3. The standard InChI is InChI=1S/C20H19ClFN3O3/c1-12-18(19(21)25(24-12)11-14-2-5-15(22)6-3-14)20(28)23-9-8-13-4-7-16(26)17(27)10-13/h2-7,10,26-27H,8-9,11H2,1H3,(H,23,28). The van der Waals surface area contributed by atoms with Gasteiger partial charge < -0.3 is 15.5 Å². The third kappa shape index (κ3) is 4.43. The minimum absolute atomic E-state index is 0.191. The van der Waals surface area contributed by atoms with Crippen LogP contribution in [0.25, 0.3) is 0 Å². The maximum absolute atomic E-state index is 13.0. The van der Waals surface area contributed by atoms with Gasteiger partial charge in [-0.2, -0.15) is 5.10 Å². The Balaban J connectivity index is 1.65. The highest BCUT2D eigenvalue weighted by molar-refractivity contribution is 6.33. The summed E-state index contributed by atoms with van der Waals surface area (Å²) in [6.45, 7) is 2.34. The fourth-order valence-electron chi connectivity index (χ4n) is 2.81. The van der Waals surface area contributed by atoms with Gasteiger partial charge in [-0.05, 0) is 48.7 Å². The Morgan fingerprint density at radius 3 is 2.50 bits per heavy atom. The minimum Gasteiger partial charge on any atom is -0.504 e. The van der Waals surface area contributed by atoms with Crippen LogP contribution in [-0.2, 0) is 13.0 Å². The van der Waals surface area contributed by atoms with Crippen LogP contribution in [0.4, 0.5) is 4.39 Å². The maximum Gasteiger partial charge on any atom is 0.256 e. The molecule has 0 bridgehead atoms. The number of aromatic hydroxyl groups is 2. The summed E-state index contributed by atoms with van der Waals surface area (Å²) in [4.78, 5) is 12.5. The molecule has 8 heteroatoms. The Labute approximate surface area is 166 Å². The van der Waals surface area contributed by atoms with Gasteiger partial charge >= 0.3 is 0 Å². The molecule has 3 rings (SSSR count). The summed E-state index contributed by atoms with van der Waals surface area (Å²) in [5.74, 6) is -1.07. The van der Waals surface area contributed by atoms with Gasteiger partial charge in [-0.15, -0.1) is 0 Å². The summed E-state index contributed by atoms with van der Waals surface area (Å²) in [5, 5.41) is 26.1. The van der Waals surface area contributed by atoms with Crippen LogP contribution in [0.15, 0.2) is 42.5 Å². The molecule has 0 spiro atoms. The van der Waals surface area contributed by atoms with Gasteiger partial charge in [0.2, 0.25) is 0 Å². The van der Waals surface area contributed by atoms with Gasteiger partial charge in [0.15, 0.2) is 11.5 Å². The molecule has 0 aliphatic carbocycles. The van der Waals surface area contributed by atoms with E-state index >= 15 is 0 Å². The molecule has 0 aliphatic heterocycles. The number of phenolic OH excluding ortho intramolecular Hbond substituents is 2. The first-order chi connectivity index (χ1) is 13.3. The average Bonchev–Trinajstić information content (AvgIpc) is 2.93. The van der Waals surface area contributed by atoms with Crippen molar-refractivity contribution in [3.8, 4) is 11.5 Å². The third-order valence-electron chi connectivity index (χ3n) is 4.28. The van der Waals surface area contributed by atoms with E-state index in [9.17, 15) is 19.4 Å². The molecular weight excluding hydrogens is 385 g/mol. The number of nitrogens with zero attached hydrogens (tertiary/aromatic N) is 2. The molecule has 1 heterocycles. The highest BCUT2D eigenvalue weighted by Crippen LogP contribution is 2.25. The maximum atomic E-state index is 13.0. The van der Waals surface area contributed by atoms with Crippen molar-refractivity contribution in [3.63, 3.8) is 0 Å². The van der Waals surface area contributed by atoms with Crippen LogP contribution < -0.4 is 5.32 Å². The molecule has 0 unspecified atom stereocenters. The van der Waals surface area contributed by atoms with Crippen LogP contribution in [0.2, 0.25) is 5.15 Å². The minimum atomic E-state index is -0.351. The molecule has 0 saturated heterocycles. The summed E-state index contributed by atoms with van der Waals surface area (Å²) < 4.78 is 14.5. The topological polar surface area (TPSA) is 87.4 Å². The van der Waals surface area contributed by atoms with Crippen LogP contribution in [0.1, 0.15) is 27.2 Å². The summed E-state index contributed by atoms with van der Waals surface area (Å²) in [6, 6.07) is 10.5. The van der Waals surface area contributed by atoms with Crippen molar-refractivity contribution in [2.75, 3.05) is 6.54 Å². The van der Waals surface area contributed by atoms with Crippen LogP contribution in [0.5, 0.6) is 11.5 Å². The summed E-state index contributed by atoms with van der Waals surface area (Å²) >= 11 is 6.34. The van der Waals surface area contributed by atoms with Crippen LogP contribution in [0.3, 0.4) is 0 Å². The molecule has 1 aromatic heterocycles. The number of halogens is 2. The lowest BCUT2D eigenvalue weighted by Gasteiger charge is -2.07. The number of carbonyl (C=O) groups is 1. The molecule has 146 valence electrons. The summed E-state index contributed by atoms with van der Waals surface area (Å²) in [5.41, 5.74) is 2.36. The van der Waals surface area contributed by atoms with E-state index in [2.05, 4.69) is 10.4 Å². The molecule has 0 saturated carbocycles. The van der Waals surface area contributed by atoms with Crippen LogP contribution in [0, 0.1) is 12.7 Å². The zero-order valence-electron chi connectivity index (χ0n) is 15.1. The Hall–Kier alpha value is -3.06. The number of hydrogen-bond donors (Lipinski definition) is 3. The van der Waals surface area contributed by atoms with E-state index in [-0.39, 0.29) is 33.9 Å². The van der Waals surface area contributed by atoms with E-state index in [0.717, 1.165) is 11.1 Å². The zero-order valence-corrected chi connectivity index (χ0v) is 15.9. The smallest absolute Gasteiger partial charge is 0.256 e. The van der Waals surface area contributed by atoms with E-state index in [1.54, 1.807) is 25.1 Å². The number of aryl methyl sites for hydroxylation is 1. The van der Waals surface area contributed by atoms with Crippen LogP contribution >= 0.6 is 11.6 Å². The predicted molar refractivity (Wildman–Crippen MR) is 103 cm³/mol. The van der Waals surface area contributed by atoms with Gasteiger partial charge in [0.05, 0.1) is 17.8 Å². The lowest BCUT2D eigenvalue weighted by molar-refractivity contribution is 0.0953. The van der Waals surface area contributed by atoms with Gasteiger partial charge in [-0.25, -0.2) is 9.07 Å². The molecule has 0 radical (unpaired) electrons. The van der Waals surface area contributed by atoms with Crippen molar-refractivity contribution in [1.29, 1.82) is 0 Å². The van der Waals surface area contributed by atoms with E-state index < -0.39 is 0 Å². The monoisotopic (exact) mass is 403 g/mol. The van der Waals surface area contributed by atoms with E-state index in [1.807, 2.05) is 0 Å². The average molecular weight is 404 g/mol. The predicted octanol–water partition coefficient (Wildman–Crippen LogP) is 3.42. The Kier molecular flexibility index (Phi) is 5.84. The van der Waals surface area contributed by atoms with E-state index in [1.165, 1.54) is 28.9 Å². The first-order valence-corrected chi connectivity index (χ1v) is 8.99. The molecule has 0 atom stereocenters. The quantitative estimate of drug-likeness (QED) is 0.550. The van der Waals surface area contributed by atoms with Gasteiger partial charge in [0, 0.05) is 6.54 Å².